The molecular formula is C21H20F4N2O4S. The molecule has 0 atom stereocenters. The Labute approximate surface area is 182 Å². The summed E-state index contributed by atoms with van der Waals surface area (Å²) in [6.07, 6.45) is -2.74. The number of carbonyl (C=O) groups excluding carboxylic acids is 1. The molecule has 1 N–H and O–H groups in total. The number of amides is 1. The summed E-state index contributed by atoms with van der Waals surface area (Å²) in [5, 5.41) is 2.69. The molecule has 0 spiro atoms. The minimum absolute atomic E-state index is 0.139. The van der Waals surface area contributed by atoms with Gasteiger partial charge in [-0.1, -0.05) is 17.7 Å². The first-order valence-corrected chi connectivity index (χ1v) is 11.0. The van der Waals surface area contributed by atoms with Gasteiger partial charge in [0.1, 0.15) is 11.6 Å². The Morgan fingerprint density at radius 1 is 1.03 bits per heavy atom. The third kappa shape index (κ3) is 6.54. The van der Waals surface area contributed by atoms with Crippen molar-refractivity contribution in [2.75, 3.05) is 13.1 Å². The van der Waals surface area contributed by atoms with E-state index < -0.39 is 22.1 Å². The number of halogens is 4. The fraction of sp³-hybridized carbons (Fsp3) is 0.286. The second kappa shape index (κ2) is 9.70. The van der Waals surface area contributed by atoms with Crippen LogP contribution in [0.2, 0.25) is 0 Å². The molecule has 1 heterocycles. The zero-order valence-corrected chi connectivity index (χ0v) is 17.5. The Kier molecular flexibility index (Phi) is 7.19. The molecule has 6 nitrogen and oxygen atoms in total. The summed E-state index contributed by atoms with van der Waals surface area (Å²) in [4.78, 5) is 12.0. The molecule has 0 bridgehead atoms. The highest BCUT2D eigenvalue weighted by molar-refractivity contribution is 7.89. The zero-order valence-electron chi connectivity index (χ0n) is 16.7. The van der Waals surface area contributed by atoms with Gasteiger partial charge < -0.3 is 10.1 Å². The molecule has 1 fully saturated rings. The molecule has 0 aliphatic carbocycles. The fourth-order valence-electron chi connectivity index (χ4n) is 3.15. The predicted octanol–water partition coefficient (Wildman–Crippen LogP) is 3.75. The van der Waals surface area contributed by atoms with E-state index in [4.69, 9.17) is 0 Å². The van der Waals surface area contributed by atoms with Crippen LogP contribution < -0.4 is 10.1 Å². The number of hydrogen-bond donors (Lipinski definition) is 1. The Morgan fingerprint density at radius 3 is 2.19 bits per heavy atom. The maximum absolute atomic E-state index is 12.9. The number of piperidine rings is 1. The average Bonchev–Trinajstić information content (AvgIpc) is 2.73. The van der Waals surface area contributed by atoms with Crippen molar-refractivity contribution in [3.63, 3.8) is 0 Å². The van der Waals surface area contributed by atoms with Crippen molar-refractivity contribution in [3.8, 4) is 5.75 Å². The molecule has 2 aromatic carbocycles. The second-order valence-corrected chi connectivity index (χ2v) is 9.01. The molecule has 0 saturated carbocycles. The normalized spacial score (nSPS) is 15.3. The summed E-state index contributed by atoms with van der Waals surface area (Å²) in [7, 11) is -3.89. The molecule has 0 radical (unpaired) electrons. The summed E-state index contributed by atoms with van der Waals surface area (Å²) < 4.78 is 80.1. The molecule has 1 saturated heterocycles. The van der Waals surface area contributed by atoms with Crippen LogP contribution >= 0.6 is 0 Å². The predicted molar refractivity (Wildman–Crippen MR) is 107 cm³/mol. The van der Waals surface area contributed by atoms with Gasteiger partial charge in [0.05, 0.1) is 4.90 Å². The van der Waals surface area contributed by atoms with Crippen LogP contribution in [-0.2, 0) is 21.4 Å². The largest absolute Gasteiger partial charge is 0.573 e. The van der Waals surface area contributed by atoms with Gasteiger partial charge in [0.15, 0.2) is 0 Å². The highest BCUT2D eigenvalue weighted by Crippen LogP contribution is 2.27. The summed E-state index contributed by atoms with van der Waals surface area (Å²) in [5.74, 6) is -1.21. The number of ether oxygens (including phenoxy) is 1. The Bertz CT molecular complexity index is 1070. The van der Waals surface area contributed by atoms with Crippen LogP contribution in [0.25, 0.3) is 0 Å². The van der Waals surface area contributed by atoms with Crippen LogP contribution in [0.4, 0.5) is 17.6 Å². The number of benzene rings is 2. The second-order valence-electron chi connectivity index (χ2n) is 7.07. The van der Waals surface area contributed by atoms with Gasteiger partial charge in [-0.25, -0.2) is 12.8 Å². The van der Waals surface area contributed by atoms with E-state index >= 15 is 0 Å². The quantitative estimate of drug-likeness (QED) is 0.513. The lowest BCUT2D eigenvalue weighted by Gasteiger charge is -2.27. The Balaban J connectivity index is 1.54. The van der Waals surface area contributed by atoms with Gasteiger partial charge in [0.25, 0.3) is 0 Å². The maximum Gasteiger partial charge on any atom is 0.573 e. The molecule has 1 aliphatic heterocycles. The number of hydrogen-bond acceptors (Lipinski definition) is 4. The van der Waals surface area contributed by atoms with Gasteiger partial charge in [-0.3, -0.25) is 4.79 Å². The molecule has 1 aliphatic rings. The molecule has 1 amide bonds. The highest BCUT2D eigenvalue weighted by atomic mass is 32.2. The summed E-state index contributed by atoms with van der Waals surface area (Å²) in [5.41, 5.74) is 1.52. The summed E-state index contributed by atoms with van der Waals surface area (Å²) in [6.45, 7) is 0.512. The van der Waals surface area contributed by atoms with Gasteiger partial charge in [-0.05, 0) is 54.8 Å². The standard InChI is InChI=1S/C21H20F4N2O4S/c22-17-3-1-16(2-4-17)14-26-20(28)13-15-9-11-27(12-10-15)32(29,30)19-7-5-18(6-8-19)31-21(23,24)25/h1-8,13H,9-12,14H2,(H,26,28). The maximum atomic E-state index is 12.9. The first kappa shape index (κ1) is 23.7. The van der Waals surface area contributed by atoms with Gasteiger partial charge >= 0.3 is 6.36 Å². The van der Waals surface area contributed by atoms with Gasteiger partial charge in [0, 0.05) is 25.7 Å². The van der Waals surface area contributed by atoms with Crippen molar-refractivity contribution in [2.45, 2.75) is 30.6 Å². The zero-order chi connectivity index (χ0) is 23.4. The lowest BCUT2D eigenvalue weighted by atomic mass is 10.1. The smallest absolute Gasteiger partial charge is 0.406 e. The topological polar surface area (TPSA) is 75.7 Å². The van der Waals surface area contributed by atoms with Crippen LogP contribution in [0, 0.1) is 5.82 Å². The minimum Gasteiger partial charge on any atom is -0.406 e. The van der Waals surface area contributed by atoms with E-state index in [0.29, 0.717) is 12.8 Å². The summed E-state index contributed by atoms with van der Waals surface area (Å²) >= 11 is 0. The van der Waals surface area contributed by atoms with Gasteiger partial charge in [-0.15, -0.1) is 13.2 Å². The number of carbonyl (C=O) groups is 1. The van der Waals surface area contributed by atoms with Crippen molar-refractivity contribution >= 4 is 15.9 Å². The van der Waals surface area contributed by atoms with Crippen molar-refractivity contribution in [1.82, 2.24) is 9.62 Å². The van der Waals surface area contributed by atoms with E-state index in [1.807, 2.05) is 0 Å². The minimum atomic E-state index is -4.86. The van der Waals surface area contributed by atoms with E-state index in [0.717, 1.165) is 35.4 Å². The van der Waals surface area contributed by atoms with Gasteiger partial charge in [0.2, 0.25) is 15.9 Å². The molecule has 2 aromatic rings. The molecular weight excluding hydrogens is 452 g/mol. The third-order valence-corrected chi connectivity index (χ3v) is 6.69. The van der Waals surface area contributed by atoms with E-state index in [-0.39, 0.29) is 36.3 Å². The summed E-state index contributed by atoms with van der Waals surface area (Å²) in [6, 6.07) is 9.74. The highest BCUT2D eigenvalue weighted by Gasteiger charge is 2.32. The lowest BCUT2D eigenvalue weighted by Crippen LogP contribution is -2.36. The first-order chi connectivity index (χ1) is 15.0. The van der Waals surface area contributed by atoms with Crippen LogP contribution in [0.1, 0.15) is 18.4 Å². The van der Waals surface area contributed by atoms with Crippen LogP contribution in [0.15, 0.2) is 65.1 Å². The molecule has 11 heteroatoms. The SMILES string of the molecule is O=C(C=C1CCN(S(=O)(=O)c2ccc(OC(F)(F)F)cc2)CC1)NCc1ccc(F)cc1. The Morgan fingerprint density at radius 2 is 1.62 bits per heavy atom. The molecule has 32 heavy (non-hydrogen) atoms. The van der Waals surface area contributed by atoms with Gasteiger partial charge in [-0.2, -0.15) is 4.31 Å². The van der Waals surface area contributed by atoms with Crippen LogP contribution in [0.5, 0.6) is 5.75 Å². The number of alkyl halides is 3. The van der Waals surface area contributed by atoms with Crippen LogP contribution in [0.3, 0.4) is 0 Å². The first-order valence-electron chi connectivity index (χ1n) is 9.61. The van der Waals surface area contributed by atoms with Crippen molar-refractivity contribution in [2.24, 2.45) is 0 Å². The number of rotatable bonds is 6. The molecule has 0 aromatic heterocycles. The monoisotopic (exact) mass is 472 g/mol. The lowest BCUT2D eigenvalue weighted by molar-refractivity contribution is -0.274. The van der Waals surface area contributed by atoms with Crippen LogP contribution in [-0.4, -0.2) is 38.1 Å². The van der Waals surface area contributed by atoms with Crippen molar-refractivity contribution in [3.05, 3.63) is 71.6 Å². The number of nitrogens with zero attached hydrogens (tertiary/aromatic N) is 1. The number of nitrogens with one attached hydrogen (secondary N) is 1. The van der Waals surface area contributed by atoms with E-state index in [1.165, 1.54) is 22.5 Å². The molecule has 3 rings (SSSR count). The van der Waals surface area contributed by atoms with Crippen molar-refractivity contribution < 1.29 is 35.5 Å². The molecule has 0 unspecified atom stereocenters. The van der Waals surface area contributed by atoms with Crippen molar-refractivity contribution in [1.29, 1.82) is 0 Å². The van der Waals surface area contributed by atoms with E-state index in [2.05, 4.69) is 10.1 Å². The van der Waals surface area contributed by atoms with E-state index in [1.54, 1.807) is 12.1 Å². The Hall–Kier alpha value is -2.92. The fourth-order valence-corrected chi connectivity index (χ4v) is 4.59. The molecule has 172 valence electrons. The average molecular weight is 472 g/mol. The van der Waals surface area contributed by atoms with E-state index in [9.17, 15) is 30.8 Å². The third-order valence-electron chi connectivity index (χ3n) is 4.77. The number of sulfonamides is 1.